The van der Waals surface area contributed by atoms with E-state index in [1.54, 1.807) is 13.0 Å². The van der Waals surface area contributed by atoms with Gasteiger partial charge in [0, 0.05) is 24.7 Å². The number of anilines is 1. The third-order valence-electron chi connectivity index (χ3n) is 6.51. The minimum atomic E-state index is -3.87. The molecule has 0 aliphatic carbocycles. The van der Waals surface area contributed by atoms with Crippen molar-refractivity contribution >= 4 is 33.8 Å². The molecule has 7 nitrogen and oxygen atoms in total. The Hall–Kier alpha value is -3.30. The van der Waals surface area contributed by atoms with E-state index in [2.05, 4.69) is 22.6 Å². The van der Waals surface area contributed by atoms with E-state index in [-0.39, 0.29) is 41.4 Å². The van der Waals surface area contributed by atoms with Crippen molar-refractivity contribution in [3.05, 3.63) is 75.9 Å². The highest BCUT2D eigenvalue weighted by Gasteiger charge is 2.36. The van der Waals surface area contributed by atoms with Gasteiger partial charge in [-0.1, -0.05) is 28.9 Å². The number of piperidine rings is 1. The molecule has 1 aliphatic rings. The lowest BCUT2D eigenvalue weighted by molar-refractivity contribution is -0.120. The molecular weight excluding hydrogens is 481 g/mol. The van der Waals surface area contributed by atoms with Gasteiger partial charge in [-0.25, -0.2) is 12.8 Å². The van der Waals surface area contributed by atoms with Crippen LogP contribution in [0.25, 0.3) is 12.2 Å². The summed E-state index contributed by atoms with van der Waals surface area (Å²) >= 11 is 0. The molecule has 2 heterocycles. The second kappa shape index (κ2) is 10.4. The van der Waals surface area contributed by atoms with Gasteiger partial charge in [-0.3, -0.25) is 4.79 Å². The fourth-order valence-corrected chi connectivity index (χ4v) is 6.40. The number of nitrogens with zero attached hydrogens (tertiary/aromatic N) is 2. The van der Waals surface area contributed by atoms with E-state index in [9.17, 15) is 17.6 Å². The van der Waals surface area contributed by atoms with Crippen molar-refractivity contribution < 1.29 is 22.1 Å². The van der Waals surface area contributed by atoms with Gasteiger partial charge in [0.1, 0.15) is 11.5 Å². The molecule has 36 heavy (non-hydrogen) atoms. The lowest BCUT2D eigenvalue weighted by atomic mass is 9.97. The molecule has 1 aliphatic heterocycles. The van der Waals surface area contributed by atoms with E-state index < -0.39 is 10.0 Å². The van der Waals surface area contributed by atoms with Crippen LogP contribution < -0.4 is 5.32 Å². The van der Waals surface area contributed by atoms with E-state index in [0.29, 0.717) is 24.2 Å². The molecule has 3 aromatic rings. The van der Waals surface area contributed by atoms with Crippen molar-refractivity contribution in [2.45, 2.75) is 45.4 Å². The molecule has 0 saturated carbocycles. The van der Waals surface area contributed by atoms with Crippen LogP contribution in [0, 0.1) is 39.4 Å². The first-order valence-corrected chi connectivity index (χ1v) is 13.3. The summed E-state index contributed by atoms with van der Waals surface area (Å²) in [5.41, 5.74) is 5.15. The normalized spacial score (nSPS) is 15.5. The molecule has 190 valence electrons. The smallest absolute Gasteiger partial charge is 0.248 e. The summed E-state index contributed by atoms with van der Waals surface area (Å²) in [6.45, 7) is 8.08. The zero-order chi connectivity index (χ0) is 26.0. The van der Waals surface area contributed by atoms with Crippen molar-refractivity contribution in [3.8, 4) is 0 Å². The average molecular weight is 512 g/mol. The Morgan fingerprint density at radius 1 is 1.06 bits per heavy atom. The van der Waals surface area contributed by atoms with Crippen molar-refractivity contribution in [1.82, 2.24) is 9.46 Å². The van der Waals surface area contributed by atoms with Crippen LogP contribution in [-0.2, 0) is 14.8 Å². The van der Waals surface area contributed by atoms with Crippen LogP contribution in [0.2, 0.25) is 0 Å². The van der Waals surface area contributed by atoms with E-state index in [4.69, 9.17) is 4.52 Å². The highest BCUT2D eigenvalue weighted by Crippen LogP contribution is 2.30. The van der Waals surface area contributed by atoms with E-state index >= 15 is 0 Å². The summed E-state index contributed by atoms with van der Waals surface area (Å²) in [5, 5.41) is 6.70. The summed E-state index contributed by atoms with van der Waals surface area (Å²) in [6.07, 6.45) is 4.27. The number of halogens is 1. The number of sulfonamides is 1. The highest BCUT2D eigenvalue weighted by molar-refractivity contribution is 7.89. The number of amides is 1. The molecule has 0 radical (unpaired) electrons. The average Bonchev–Trinajstić information content (AvgIpc) is 3.21. The molecule has 9 heteroatoms. The number of aryl methyl sites for hydroxylation is 4. The Kier molecular flexibility index (Phi) is 7.42. The highest BCUT2D eigenvalue weighted by atomic mass is 32.2. The van der Waals surface area contributed by atoms with Gasteiger partial charge >= 0.3 is 0 Å². The van der Waals surface area contributed by atoms with Gasteiger partial charge in [0.2, 0.25) is 15.9 Å². The zero-order valence-electron chi connectivity index (χ0n) is 20.8. The maximum absolute atomic E-state index is 13.5. The summed E-state index contributed by atoms with van der Waals surface area (Å²) < 4.78 is 47.0. The van der Waals surface area contributed by atoms with Crippen LogP contribution in [0.5, 0.6) is 0 Å². The first-order chi connectivity index (χ1) is 17.1. The van der Waals surface area contributed by atoms with E-state index in [0.717, 1.165) is 22.3 Å². The molecule has 1 aromatic heterocycles. The van der Waals surface area contributed by atoms with Gasteiger partial charge in [0.25, 0.3) is 0 Å². The number of hydrogen-bond acceptors (Lipinski definition) is 5. The quantitative estimate of drug-likeness (QED) is 0.488. The number of nitrogens with one attached hydrogen (secondary N) is 1. The first-order valence-electron chi connectivity index (χ1n) is 11.8. The van der Waals surface area contributed by atoms with Crippen LogP contribution in [-0.4, -0.2) is 36.9 Å². The van der Waals surface area contributed by atoms with Crippen LogP contribution in [0.3, 0.4) is 0 Å². The topological polar surface area (TPSA) is 92.5 Å². The number of carbonyl (C=O) groups is 1. The van der Waals surface area contributed by atoms with Crippen LogP contribution >= 0.6 is 0 Å². The molecule has 1 saturated heterocycles. The molecule has 1 fully saturated rings. The molecule has 0 unspecified atom stereocenters. The van der Waals surface area contributed by atoms with Crippen molar-refractivity contribution in [2.75, 3.05) is 18.4 Å². The molecule has 4 rings (SSSR count). The van der Waals surface area contributed by atoms with E-state index in [1.807, 2.05) is 26.8 Å². The molecule has 1 N–H and O–H groups in total. The van der Waals surface area contributed by atoms with Crippen molar-refractivity contribution in [2.24, 2.45) is 5.92 Å². The Morgan fingerprint density at radius 3 is 2.28 bits per heavy atom. The maximum Gasteiger partial charge on any atom is 0.248 e. The van der Waals surface area contributed by atoms with E-state index in [1.165, 1.54) is 28.6 Å². The number of benzene rings is 2. The lowest BCUT2D eigenvalue weighted by Crippen LogP contribution is -2.41. The number of hydrogen-bond donors (Lipinski definition) is 1. The van der Waals surface area contributed by atoms with Crippen LogP contribution in [0.15, 0.2) is 45.8 Å². The summed E-state index contributed by atoms with van der Waals surface area (Å²) in [6, 6.07) is 9.70. The molecule has 2 aromatic carbocycles. The zero-order valence-corrected chi connectivity index (χ0v) is 21.7. The SMILES string of the molecule is Cc1cc(C)c(C=Cc2onc(C)c2S(=O)(=O)N2CCC(C(=O)Nc3ccc(F)cc3)CC2)c(C)c1. The number of rotatable bonds is 6. The molecule has 0 atom stereocenters. The third-order valence-corrected chi connectivity index (χ3v) is 8.56. The second-order valence-corrected chi connectivity index (χ2v) is 11.2. The number of aromatic nitrogens is 1. The van der Waals surface area contributed by atoms with Gasteiger partial charge in [0.15, 0.2) is 10.7 Å². The maximum atomic E-state index is 13.5. The van der Waals surface area contributed by atoms with Gasteiger partial charge < -0.3 is 9.84 Å². The largest absolute Gasteiger partial charge is 0.355 e. The Morgan fingerprint density at radius 2 is 1.67 bits per heavy atom. The van der Waals surface area contributed by atoms with Crippen LogP contribution in [0.1, 0.15) is 46.5 Å². The standard InChI is InChI=1S/C27H30FN3O4S/c1-17-15-18(2)24(19(3)16-17)9-10-25-26(20(4)30-35-25)36(33,34)31-13-11-21(12-14-31)27(32)29-23-7-5-22(28)6-8-23/h5-10,15-16,21H,11-14H2,1-4H3,(H,29,32). The molecular formula is C27H30FN3O4S. The summed E-state index contributed by atoms with van der Waals surface area (Å²) in [4.78, 5) is 12.7. The minimum Gasteiger partial charge on any atom is -0.355 e. The van der Waals surface area contributed by atoms with Gasteiger partial charge in [-0.05, 0) is 87.6 Å². The summed E-state index contributed by atoms with van der Waals surface area (Å²) in [7, 11) is -3.87. The predicted molar refractivity (Wildman–Crippen MR) is 137 cm³/mol. The third kappa shape index (κ3) is 5.42. The fraction of sp³-hybridized carbons (Fsp3) is 0.333. The Labute approximate surface area is 211 Å². The predicted octanol–water partition coefficient (Wildman–Crippen LogP) is 5.26. The lowest BCUT2D eigenvalue weighted by Gasteiger charge is -2.30. The fourth-order valence-electron chi connectivity index (χ4n) is 4.68. The molecule has 1 amide bonds. The van der Waals surface area contributed by atoms with Gasteiger partial charge in [0.05, 0.1) is 0 Å². The number of carbonyl (C=O) groups excluding carboxylic acids is 1. The van der Waals surface area contributed by atoms with Crippen molar-refractivity contribution in [3.63, 3.8) is 0 Å². The van der Waals surface area contributed by atoms with Gasteiger partial charge in [-0.2, -0.15) is 4.31 Å². The Balaban J connectivity index is 1.48. The van der Waals surface area contributed by atoms with Gasteiger partial charge in [-0.15, -0.1) is 0 Å². The first kappa shape index (κ1) is 25.8. The summed E-state index contributed by atoms with van der Waals surface area (Å²) in [5.74, 6) is -0.735. The monoisotopic (exact) mass is 511 g/mol. The minimum absolute atomic E-state index is 0.0513. The van der Waals surface area contributed by atoms with Crippen molar-refractivity contribution in [1.29, 1.82) is 0 Å². The second-order valence-electron chi connectivity index (χ2n) is 9.28. The molecule has 0 bridgehead atoms. The van der Waals surface area contributed by atoms with Crippen LogP contribution in [0.4, 0.5) is 10.1 Å². The Bertz CT molecular complexity index is 1380. The molecule has 0 spiro atoms.